The quantitative estimate of drug-likeness (QED) is 0.794. The van der Waals surface area contributed by atoms with Gasteiger partial charge in [-0.25, -0.2) is 0 Å². The van der Waals surface area contributed by atoms with Gasteiger partial charge in [-0.15, -0.1) is 0 Å². The molecule has 78 valence electrons. The highest BCUT2D eigenvalue weighted by Gasteiger charge is 2.09. The van der Waals surface area contributed by atoms with Crippen molar-refractivity contribution in [2.75, 3.05) is 18.5 Å². The van der Waals surface area contributed by atoms with Crippen LogP contribution in [0.5, 0.6) is 0 Å². The monoisotopic (exact) mass is 192 g/mol. The first-order chi connectivity index (χ1) is 6.56. The van der Waals surface area contributed by atoms with Crippen molar-refractivity contribution in [2.45, 2.75) is 26.8 Å². The van der Waals surface area contributed by atoms with E-state index in [1.165, 1.54) is 16.8 Å². The van der Waals surface area contributed by atoms with Crippen LogP contribution in [0.4, 0.5) is 5.69 Å². The van der Waals surface area contributed by atoms with Gasteiger partial charge in [-0.3, -0.25) is 0 Å². The highest BCUT2D eigenvalue weighted by atomic mass is 15.1. The van der Waals surface area contributed by atoms with Gasteiger partial charge in [0, 0.05) is 25.3 Å². The molecular formula is C12H20N2. The zero-order valence-corrected chi connectivity index (χ0v) is 9.54. The zero-order chi connectivity index (χ0) is 10.7. The predicted molar refractivity (Wildman–Crippen MR) is 62.8 cm³/mol. The van der Waals surface area contributed by atoms with Gasteiger partial charge in [-0.05, 0) is 32.4 Å². The average molecular weight is 192 g/mol. The van der Waals surface area contributed by atoms with Gasteiger partial charge in [0.25, 0.3) is 0 Å². The minimum absolute atomic E-state index is 0.386. The van der Waals surface area contributed by atoms with Crippen molar-refractivity contribution >= 4 is 5.69 Å². The molecule has 0 amide bonds. The van der Waals surface area contributed by atoms with Gasteiger partial charge in [-0.1, -0.05) is 17.7 Å². The fourth-order valence-electron chi connectivity index (χ4n) is 1.60. The van der Waals surface area contributed by atoms with Crippen molar-refractivity contribution < 1.29 is 0 Å². The summed E-state index contributed by atoms with van der Waals surface area (Å²) in [5, 5.41) is 0. The summed E-state index contributed by atoms with van der Waals surface area (Å²) in [4.78, 5) is 2.23. The molecule has 2 heteroatoms. The lowest BCUT2D eigenvalue weighted by Gasteiger charge is -2.27. The Kier molecular flexibility index (Phi) is 3.53. The molecule has 1 rings (SSSR count). The molecule has 1 aromatic rings. The first kappa shape index (κ1) is 11.1. The van der Waals surface area contributed by atoms with Gasteiger partial charge in [0.2, 0.25) is 0 Å². The third-order valence-corrected chi connectivity index (χ3v) is 2.73. The van der Waals surface area contributed by atoms with Crippen molar-refractivity contribution in [2.24, 2.45) is 5.73 Å². The molecule has 2 nitrogen and oxygen atoms in total. The van der Waals surface area contributed by atoms with Crippen LogP contribution in [0.1, 0.15) is 18.1 Å². The van der Waals surface area contributed by atoms with Crippen LogP contribution >= 0.6 is 0 Å². The van der Waals surface area contributed by atoms with Crippen molar-refractivity contribution in [1.29, 1.82) is 0 Å². The third-order valence-electron chi connectivity index (χ3n) is 2.73. The Bertz CT molecular complexity index is 307. The van der Waals surface area contributed by atoms with E-state index in [9.17, 15) is 0 Å². The summed E-state index contributed by atoms with van der Waals surface area (Å²) in [6.45, 7) is 7.08. The largest absolute Gasteiger partial charge is 0.370 e. The Morgan fingerprint density at radius 2 is 2.00 bits per heavy atom. The van der Waals surface area contributed by atoms with Crippen molar-refractivity contribution in [1.82, 2.24) is 0 Å². The summed E-state index contributed by atoms with van der Waals surface area (Å²) in [7, 11) is 2.09. The summed E-state index contributed by atoms with van der Waals surface area (Å²) >= 11 is 0. The first-order valence-corrected chi connectivity index (χ1v) is 5.06. The van der Waals surface area contributed by atoms with E-state index in [1.54, 1.807) is 0 Å². The van der Waals surface area contributed by atoms with E-state index < -0.39 is 0 Å². The molecule has 0 radical (unpaired) electrons. The molecule has 0 aliphatic rings. The molecule has 0 saturated heterocycles. The molecule has 1 aromatic carbocycles. The molecule has 0 saturated carbocycles. The Morgan fingerprint density at radius 1 is 1.36 bits per heavy atom. The predicted octanol–water partition coefficient (Wildman–Crippen LogP) is 2.09. The van der Waals surface area contributed by atoms with E-state index in [0.29, 0.717) is 12.6 Å². The van der Waals surface area contributed by atoms with Gasteiger partial charge in [0.1, 0.15) is 0 Å². The number of anilines is 1. The van der Waals surface area contributed by atoms with Gasteiger partial charge in [-0.2, -0.15) is 0 Å². The highest BCUT2D eigenvalue weighted by Crippen LogP contribution is 2.21. The van der Waals surface area contributed by atoms with Crippen LogP contribution in [-0.2, 0) is 0 Å². The van der Waals surface area contributed by atoms with Crippen molar-refractivity contribution in [3.8, 4) is 0 Å². The second kappa shape index (κ2) is 4.47. The van der Waals surface area contributed by atoms with E-state index in [1.807, 2.05) is 0 Å². The lowest BCUT2D eigenvalue weighted by molar-refractivity contribution is 0.694. The summed E-state index contributed by atoms with van der Waals surface area (Å²) in [6.07, 6.45) is 0. The van der Waals surface area contributed by atoms with E-state index in [0.717, 1.165) is 0 Å². The molecule has 1 atom stereocenters. The minimum atomic E-state index is 0.386. The van der Waals surface area contributed by atoms with Gasteiger partial charge in [0.05, 0.1) is 0 Å². The summed E-state index contributed by atoms with van der Waals surface area (Å²) < 4.78 is 0. The normalized spacial score (nSPS) is 12.6. The maximum Gasteiger partial charge on any atom is 0.0396 e. The second-order valence-corrected chi connectivity index (χ2v) is 3.99. The maximum absolute atomic E-state index is 5.65. The molecule has 0 bridgehead atoms. The number of hydrogen-bond acceptors (Lipinski definition) is 2. The van der Waals surface area contributed by atoms with E-state index in [2.05, 4.69) is 50.9 Å². The van der Waals surface area contributed by atoms with Crippen molar-refractivity contribution in [3.05, 3.63) is 29.3 Å². The Morgan fingerprint density at radius 3 is 2.50 bits per heavy atom. The van der Waals surface area contributed by atoms with Crippen LogP contribution in [-0.4, -0.2) is 19.6 Å². The van der Waals surface area contributed by atoms with Crippen LogP contribution < -0.4 is 10.6 Å². The first-order valence-electron chi connectivity index (χ1n) is 5.06. The number of likely N-dealkylation sites (N-methyl/N-ethyl adjacent to an activating group) is 1. The number of benzene rings is 1. The Hall–Kier alpha value is -1.02. The highest BCUT2D eigenvalue weighted by molar-refractivity contribution is 5.54. The molecule has 0 aromatic heterocycles. The summed E-state index contributed by atoms with van der Waals surface area (Å²) in [5.74, 6) is 0. The minimum Gasteiger partial charge on any atom is -0.370 e. The standard InChI is InChI=1S/C12H20N2/c1-9-5-6-12(10(2)7-9)14(4)11(3)8-13/h5-7,11H,8,13H2,1-4H3. The molecule has 1 unspecified atom stereocenters. The molecule has 0 spiro atoms. The maximum atomic E-state index is 5.65. The lowest BCUT2D eigenvalue weighted by atomic mass is 10.1. The van der Waals surface area contributed by atoms with Crippen LogP contribution in [0, 0.1) is 13.8 Å². The molecule has 0 aliphatic heterocycles. The van der Waals surface area contributed by atoms with Crippen LogP contribution in [0.2, 0.25) is 0 Å². The van der Waals surface area contributed by atoms with Gasteiger partial charge < -0.3 is 10.6 Å². The van der Waals surface area contributed by atoms with E-state index >= 15 is 0 Å². The Labute approximate surface area is 86.7 Å². The van der Waals surface area contributed by atoms with Gasteiger partial charge in [0.15, 0.2) is 0 Å². The molecule has 2 N–H and O–H groups in total. The number of rotatable bonds is 3. The molecular weight excluding hydrogens is 172 g/mol. The SMILES string of the molecule is Cc1ccc(N(C)C(C)CN)c(C)c1. The number of hydrogen-bond donors (Lipinski definition) is 1. The number of nitrogens with two attached hydrogens (primary N) is 1. The van der Waals surface area contributed by atoms with Gasteiger partial charge >= 0.3 is 0 Å². The zero-order valence-electron chi connectivity index (χ0n) is 9.54. The van der Waals surface area contributed by atoms with E-state index in [-0.39, 0.29) is 0 Å². The topological polar surface area (TPSA) is 29.3 Å². The molecule has 0 aliphatic carbocycles. The average Bonchev–Trinajstić information content (AvgIpc) is 2.15. The number of nitrogens with zero attached hydrogens (tertiary/aromatic N) is 1. The molecule has 0 fully saturated rings. The van der Waals surface area contributed by atoms with Crippen LogP contribution in [0.15, 0.2) is 18.2 Å². The molecule has 14 heavy (non-hydrogen) atoms. The second-order valence-electron chi connectivity index (χ2n) is 3.99. The van der Waals surface area contributed by atoms with Crippen molar-refractivity contribution in [3.63, 3.8) is 0 Å². The third kappa shape index (κ3) is 2.26. The van der Waals surface area contributed by atoms with Crippen LogP contribution in [0.25, 0.3) is 0 Å². The smallest absolute Gasteiger partial charge is 0.0396 e. The summed E-state index contributed by atoms with van der Waals surface area (Å²) in [6, 6.07) is 6.89. The molecule has 0 heterocycles. The number of aryl methyl sites for hydroxylation is 2. The fourth-order valence-corrected chi connectivity index (χ4v) is 1.60. The Balaban J connectivity index is 2.95. The van der Waals surface area contributed by atoms with E-state index in [4.69, 9.17) is 5.73 Å². The lowest BCUT2D eigenvalue weighted by Crippen LogP contribution is -2.35. The van der Waals surface area contributed by atoms with Crippen LogP contribution in [0.3, 0.4) is 0 Å². The summed E-state index contributed by atoms with van der Waals surface area (Å²) in [5.41, 5.74) is 9.54. The fraction of sp³-hybridized carbons (Fsp3) is 0.500.